The van der Waals surface area contributed by atoms with Gasteiger partial charge < -0.3 is 15.2 Å². The molecule has 33 heavy (non-hydrogen) atoms. The van der Waals surface area contributed by atoms with Crippen molar-refractivity contribution < 1.29 is 9.59 Å². The predicted octanol–water partition coefficient (Wildman–Crippen LogP) is 4.61. The molecule has 8 heteroatoms. The van der Waals surface area contributed by atoms with Gasteiger partial charge >= 0.3 is 0 Å². The van der Waals surface area contributed by atoms with E-state index in [1.807, 2.05) is 68.7 Å². The first-order valence-corrected chi connectivity index (χ1v) is 11.7. The number of aromatic nitrogens is 3. The molecule has 1 heterocycles. The molecule has 0 aliphatic heterocycles. The molecule has 0 saturated heterocycles. The van der Waals surface area contributed by atoms with Crippen LogP contribution in [0.15, 0.2) is 60.3 Å². The molecule has 2 aromatic carbocycles. The summed E-state index contributed by atoms with van der Waals surface area (Å²) in [6, 6.07) is 13.0. The highest BCUT2D eigenvalue weighted by Gasteiger charge is 2.21. The van der Waals surface area contributed by atoms with Crippen LogP contribution in [0.5, 0.6) is 0 Å². The zero-order valence-electron chi connectivity index (χ0n) is 19.4. The van der Waals surface area contributed by atoms with Gasteiger partial charge in [0.25, 0.3) is 5.91 Å². The van der Waals surface area contributed by atoms with Crippen LogP contribution in [0.4, 0.5) is 5.69 Å². The van der Waals surface area contributed by atoms with Gasteiger partial charge in [-0.3, -0.25) is 9.59 Å². The number of benzene rings is 2. The summed E-state index contributed by atoms with van der Waals surface area (Å²) >= 11 is 1.30. The fraction of sp³-hybridized carbons (Fsp3) is 0.280. The summed E-state index contributed by atoms with van der Waals surface area (Å²) in [6.07, 6.45) is 1.74. The summed E-state index contributed by atoms with van der Waals surface area (Å²) in [5.74, 6) is 0.501. The van der Waals surface area contributed by atoms with Gasteiger partial charge in [-0.25, -0.2) is 0 Å². The van der Waals surface area contributed by atoms with Gasteiger partial charge in [0.1, 0.15) is 0 Å². The molecule has 2 amide bonds. The molecule has 0 aliphatic rings. The summed E-state index contributed by atoms with van der Waals surface area (Å²) in [6.45, 7) is 12.0. The number of carbonyl (C=O) groups is 2. The van der Waals surface area contributed by atoms with E-state index in [0.29, 0.717) is 23.1 Å². The Morgan fingerprint density at radius 1 is 1.12 bits per heavy atom. The van der Waals surface area contributed by atoms with Crippen molar-refractivity contribution in [2.24, 2.45) is 0 Å². The van der Waals surface area contributed by atoms with Gasteiger partial charge in [-0.2, -0.15) is 0 Å². The molecule has 0 saturated carbocycles. The Labute approximate surface area is 198 Å². The van der Waals surface area contributed by atoms with E-state index in [-0.39, 0.29) is 23.6 Å². The largest absolute Gasteiger partial charge is 0.342 e. The van der Waals surface area contributed by atoms with E-state index in [9.17, 15) is 9.59 Å². The Hall–Kier alpha value is -3.39. The summed E-state index contributed by atoms with van der Waals surface area (Å²) in [5, 5.41) is 15.1. The number of amides is 2. The highest BCUT2D eigenvalue weighted by molar-refractivity contribution is 7.99. The number of allylic oxidation sites excluding steroid dienone is 1. The minimum Gasteiger partial charge on any atom is -0.342 e. The minimum absolute atomic E-state index is 0.121. The van der Waals surface area contributed by atoms with Crippen molar-refractivity contribution in [2.45, 2.75) is 45.4 Å². The maximum absolute atomic E-state index is 12.7. The van der Waals surface area contributed by atoms with Gasteiger partial charge in [0, 0.05) is 17.8 Å². The van der Waals surface area contributed by atoms with Crippen molar-refractivity contribution in [1.82, 2.24) is 20.1 Å². The summed E-state index contributed by atoms with van der Waals surface area (Å²) in [5.41, 5.74) is 4.43. The molecule has 0 aliphatic carbocycles. The molecule has 172 valence electrons. The van der Waals surface area contributed by atoms with Crippen LogP contribution in [-0.2, 0) is 11.3 Å². The number of aryl methyl sites for hydroxylation is 3. The zero-order valence-corrected chi connectivity index (χ0v) is 20.2. The Morgan fingerprint density at radius 2 is 1.88 bits per heavy atom. The summed E-state index contributed by atoms with van der Waals surface area (Å²) < 4.78 is 1.87. The Morgan fingerprint density at radius 3 is 2.61 bits per heavy atom. The second-order valence-corrected chi connectivity index (χ2v) is 8.85. The third-order valence-electron chi connectivity index (χ3n) is 5.18. The maximum Gasteiger partial charge on any atom is 0.252 e. The van der Waals surface area contributed by atoms with Gasteiger partial charge in [-0.05, 0) is 56.5 Å². The second kappa shape index (κ2) is 11.0. The Kier molecular flexibility index (Phi) is 8.06. The molecular formula is C25H29N5O2S. The number of hydrogen-bond donors (Lipinski definition) is 2. The predicted molar refractivity (Wildman–Crippen MR) is 133 cm³/mol. The van der Waals surface area contributed by atoms with Gasteiger partial charge in [0.05, 0.1) is 11.8 Å². The Balaban J connectivity index is 1.69. The van der Waals surface area contributed by atoms with Crippen LogP contribution >= 0.6 is 11.8 Å². The number of nitrogens with one attached hydrogen (secondary N) is 2. The van der Waals surface area contributed by atoms with Crippen LogP contribution in [0, 0.1) is 20.8 Å². The number of anilines is 1. The first-order chi connectivity index (χ1) is 15.8. The van der Waals surface area contributed by atoms with Crippen molar-refractivity contribution in [3.63, 3.8) is 0 Å². The smallest absolute Gasteiger partial charge is 0.252 e. The van der Waals surface area contributed by atoms with E-state index < -0.39 is 0 Å². The van der Waals surface area contributed by atoms with Crippen LogP contribution in [0.25, 0.3) is 0 Å². The first-order valence-electron chi connectivity index (χ1n) is 10.7. The average molecular weight is 464 g/mol. The second-order valence-electron chi connectivity index (χ2n) is 7.91. The number of rotatable bonds is 9. The van der Waals surface area contributed by atoms with E-state index in [1.165, 1.54) is 11.8 Å². The summed E-state index contributed by atoms with van der Waals surface area (Å²) in [7, 11) is 0. The highest BCUT2D eigenvalue weighted by atomic mass is 32.2. The van der Waals surface area contributed by atoms with Crippen LogP contribution in [0.2, 0.25) is 0 Å². The number of nitrogens with zero attached hydrogens (tertiary/aromatic N) is 3. The average Bonchev–Trinajstić information content (AvgIpc) is 3.18. The molecular weight excluding hydrogens is 434 g/mol. The summed E-state index contributed by atoms with van der Waals surface area (Å²) in [4.78, 5) is 25.2. The van der Waals surface area contributed by atoms with Gasteiger partial charge in [0.15, 0.2) is 11.0 Å². The Bertz CT molecular complexity index is 1170. The quantitative estimate of drug-likeness (QED) is 0.357. The zero-order chi connectivity index (χ0) is 24.0. The molecule has 1 atom stereocenters. The minimum atomic E-state index is -0.373. The van der Waals surface area contributed by atoms with Crippen molar-refractivity contribution >= 4 is 29.3 Å². The van der Waals surface area contributed by atoms with E-state index in [0.717, 1.165) is 22.4 Å². The SMILES string of the molecule is C=CCn1c(SCC(=O)Nc2cc(C)ccc2C)nnc1[C@H](C)NC(=O)c1ccccc1C. The van der Waals surface area contributed by atoms with Crippen LogP contribution < -0.4 is 10.6 Å². The van der Waals surface area contributed by atoms with Crippen LogP contribution in [0.3, 0.4) is 0 Å². The molecule has 0 fully saturated rings. The highest BCUT2D eigenvalue weighted by Crippen LogP contribution is 2.22. The molecule has 0 spiro atoms. The molecule has 0 unspecified atom stereocenters. The normalized spacial score (nSPS) is 11.6. The molecule has 3 rings (SSSR count). The first kappa shape index (κ1) is 24.3. The number of carbonyl (C=O) groups excluding carboxylic acids is 2. The third-order valence-corrected chi connectivity index (χ3v) is 6.15. The van der Waals surface area contributed by atoms with Gasteiger partial charge in [-0.15, -0.1) is 16.8 Å². The van der Waals surface area contributed by atoms with E-state index >= 15 is 0 Å². The van der Waals surface area contributed by atoms with Crippen LogP contribution in [-0.4, -0.2) is 32.3 Å². The monoisotopic (exact) mass is 463 g/mol. The van der Waals surface area contributed by atoms with Crippen molar-refractivity contribution in [1.29, 1.82) is 0 Å². The fourth-order valence-corrected chi connectivity index (χ4v) is 4.14. The number of hydrogen-bond acceptors (Lipinski definition) is 5. The maximum atomic E-state index is 12.7. The lowest BCUT2D eigenvalue weighted by Gasteiger charge is -2.16. The van der Waals surface area contributed by atoms with Crippen molar-refractivity contribution in [3.8, 4) is 0 Å². The third kappa shape index (κ3) is 6.10. The lowest BCUT2D eigenvalue weighted by molar-refractivity contribution is -0.113. The molecule has 3 aromatic rings. The van der Waals surface area contributed by atoms with E-state index in [4.69, 9.17) is 0 Å². The molecule has 7 nitrogen and oxygen atoms in total. The van der Waals surface area contributed by atoms with E-state index in [2.05, 4.69) is 27.4 Å². The topological polar surface area (TPSA) is 88.9 Å². The molecule has 2 N–H and O–H groups in total. The molecule has 1 aromatic heterocycles. The molecule has 0 radical (unpaired) electrons. The van der Waals surface area contributed by atoms with Crippen molar-refractivity contribution in [2.75, 3.05) is 11.1 Å². The van der Waals surface area contributed by atoms with E-state index in [1.54, 1.807) is 12.1 Å². The lowest BCUT2D eigenvalue weighted by atomic mass is 10.1. The van der Waals surface area contributed by atoms with Gasteiger partial charge in [-0.1, -0.05) is 48.2 Å². The molecule has 0 bridgehead atoms. The van der Waals surface area contributed by atoms with Crippen LogP contribution in [0.1, 0.15) is 45.8 Å². The lowest BCUT2D eigenvalue weighted by Crippen LogP contribution is -2.29. The van der Waals surface area contributed by atoms with Crippen molar-refractivity contribution in [3.05, 3.63) is 83.2 Å². The van der Waals surface area contributed by atoms with Gasteiger partial charge in [0.2, 0.25) is 5.91 Å². The standard InChI is InChI=1S/C25H29N5O2S/c1-6-13-30-23(19(5)26-24(32)20-10-8-7-9-17(20)3)28-29-25(30)33-15-22(31)27-21-14-16(2)11-12-18(21)4/h6-12,14,19H,1,13,15H2,2-5H3,(H,26,32)(H,27,31)/t19-/m0/s1. The number of thioether (sulfide) groups is 1. The fourth-order valence-electron chi connectivity index (χ4n) is 3.38.